The molecule has 0 radical (unpaired) electrons. The number of ether oxygens (including phenoxy) is 1. The maximum absolute atomic E-state index is 12.9. The van der Waals surface area contributed by atoms with Crippen LogP contribution in [-0.2, 0) is 15.8 Å². The fourth-order valence-electron chi connectivity index (χ4n) is 4.02. The van der Waals surface area contributed by atoms with Gasteiger partial charge in [0.25, 0.3) is 0 Å². The molecule has 11 heteroatoms. The van der Waals surface area contributed by atoms with Gasteiger partial charge in [-0.05, 0) is 25.0 Å². The summed E-state index contributed by atoms with van der Waals surface area (Å²) in [7, 11) is 1.54. The van der Waals surface area contributed by atoms with Gasteiger partial charge in [-0.3, -0.25) is 9.59 Å². The van der Waals surface area contributed by atoms with Crippen molar-refractivity contribution in [1.29, 1.82) is 0 Å². The van der Waals surface area contributed by atoms with Gasteiger partial charge in [0.15, 0.2) is 0 Å². The highest BCUT2D eigenvalue weighted by atomic mass is 19.4. The van der Waals surface area contributed by atoms with E-state index in [0.29, 0.717) is 37.4 Å². The summed E-state index contributed by atoms with van der Waals surface area (Å²) in [6, 6.07) is 7.09. The lowest BCUT2D eigenvalue weighted by atomic mass is 9.95. The second-order valence-corrected chi connectivity index (χ2v) is 7.65. The number of halogens is 3. The van der Waals surface area contributed by atoms with Crippen LogP contribution in [0, 0.1) is 5.92 Å². The average Bonchev–Trinajstić information content (AvgIpc) is 3.41. The minimum absolute atomic E-state index is 0.0559. The first-order valence-electron chi connectivity index (χ1n) is 9.90. The Morgan fingerprint density at radius 3 is 2.61 bits per heavy atom. The minimum Gasteiger partial charge on any atom is -0.497 e. The number of aromatic nitrogens is 2. The van der Waals surface area contributed by atoms with Crippen molar-refractivity contribution in [3.05, 3.63) is 36.0 Å². The number of nitrogens with zero attached hydrogens (tertiary/aromatic N) is 4. The summed E-state index contributed by atoms with van der Waals surface area (Å²) in [5.74, 6) is -1.84. The summed E-state index contributed by atoms with van der Waals surface area (Å²) in [5, 5.41) is 6.58. The van der Waals surface area contributed by atoms with Crippen LogP contribution in [0.25, 0.3) is 0 Å². The van der Waals surface area contributed by atoms with Crippen LogP contribution in [-0.4, -0.2) is 53.7 Å². The standard InChI is InChI=1S/C20H21F3N4O4/c1-30-15-4-2-3-14(10-15)27-11-13(9-16(27)28)18(29)26-7-5-12(6-8-26)17-24-25-19(31-17)20(21,22)23/h2-4,10,12-13H,5-9,11H2,1H3. The molecule has 0 aliphatic carbocycles. The number of amides is 2. The Balaban J connectivity index is 1.35. The molecule has 31 heavy (non-hydrogen) atoms. The highest BCUT2D eigenvalue weighted by Crippen LogP contribution is 2.34. The van der Waals surface area contributed by atoms with E-state index in [1.165, 1.54) is 0 Å². The van der Waals surface area contributed by atoms with Gasteiger partial charge in [-0.25, -0.2) is 0 Å². The predicted octanol–water partition coefficient (Wildman–Crippen LogP) is 2.86. The van der Waals surface area contributed by atoms with Crippen LogP contribution in [0.2, 0.25) is 0 Å². The molecule has 2 aliphatic heterocycles. The van der Waals surface area contributed by atoms with Crippen LogP contribution in [0.5, 0.6) is 5.75 Å². The van der Waals surface area contributed by atoms with Gasteiger partial charge in [0.05, 0.1) is 13.0 Å². The van der Waals surface area contributed by atoms with Crippen molar-refractivity contribution in [2.45, 2.75) is 31.4 Å². The number of hydrogen-bond donors (Lipinski definition) is 0. The van der Waals surface area contributed by atoms with Gasteiger partial charge in [-0.1, -0.05) is 6.07 Å². The van der Waals surface area contributed by atoms with E-state index in [4.69, 9.17) is 9.15 Å². The number of likely N-dealkylation sites (tertiary alicyclic amines) is 1. The average molecular weight is 438 g/mol. The zero-order valence-electron chi connectivity index (χ0n) is 16.8. The van der Waals surface area contributed by atoms with Crippen molar-refractivity contribution in [1.82, 2.24) is 15.1 Å². The van der Waals surface area contributed by atoms with Gasteiger partial charge >= 0.3 is 12.1 Å². The van der Waals surface area contributed by atoms with E-state index in [2.05, 4.69) is 10.2 Å². The molecule has 3 heterocycles. The highest BCUT2D eigenvalue weighted by molar-refractivity contribution is 6.00. The van der Waals surface area contributed by atoms with Crippen molar-refractivity contribution in [2.24, 2.45) is 5.92 Å². The Hall–Kier alpha value is -3.11. The van der Waals surface area contributed by atoms with Gasteiger partial charge in [-0.2, -0.15) is 13.2 Å². The van der Waals surface area contributed by atoms with Crippen LogP contribution < -0.4 is 9.64 Å². The molecule has 8 nitrogen and oxygen atoms in total. The molecule has 166 valence electrons. The predicted molar refractivity (Wildman–Crippen MR) is 101 cm³/mol. The Bertz CT molecular complexity index is 969. The highest BCUT2D eigenvalue weighted by Gasteiger charge is 2.41. The largest absolute Gasteiger partial charge is 0.497 e. The van der Waals surface area contributed by atoms with Crippen LogP contribution in [0.3, 0.4) is 0 Å². The van der Waals surface area contributed by atoms with E-state index in [1.54, 1.807) is 41.2 Å². The number of benzene rings is 1. The van der Waals surface area contributed by atoms with Gasteiger partial charge in [0.2, 0.25) is 17.7 Å². The number of carbonyl (C=O) groups excluding carboxylic acids is 2. The Morgan fingerprint density at radius 2 is 1.97 bits per heavy atom. The summed E-state index contributed by atoms with van der Waals surface area (Å²) in [5.41, 5.74) is 0.676. The second-order valence-electron chi connectivity index (χ2n) is 7.65. The second kappa shape index (κ2) is 8.20. The van der Waals surface area contributed by atoms with Crippen molar-refractivity contribution in [2.75, 3.05) is 31.6 Å². The molecule has 0 saturated carbocycles. The molecular weight excluding hydrogens is 417 g/mol. The fraction of sp³-hybridized carbons (Fsp3) is 0.500. The number of anilines is 1. The van der Waals surface area contributed by atoms with Crippen LogP contribution >= 0.6 is 0 Å². The Kier molecular flexibility index (Phi) is 5.59. The van der Waals surface area contributed by atoms with E-state index in [0.717, 1.165) is 0 Å². The molecule has 0 spiro atoms. The van der Waals surface area contributed by atoms with E-state index < -0.39 is 18.0 Å². The summed E-state index contributed by atoms with van der Waals surface area (Å²) in [6.45, 7) is 0.998. The Labute approximate surface area is 176 Å². The normalized spacial score (nSPS) is 20.4. The quantitative estimate of drug-likeness (QED) is 0.730. The van der Waals surface area contributed by atoms with Crippen LogP contribution in [0.15, 0.2) is 28.7 Å². The topological polar surface area (TPSA) is 88.8 Å². The van der Waals surface area contributed by atoms with Gasteiger partial charge < -0.3 is 19.0 Å². The number of alkyl halides is 3. The van der Waals surface area contributed by atoms with Crippen molar-refractivity contribution < 1.29 is 31.9 Å². The third-order valence-corrected chi connectivity index (χ3v) is 5.68. The van der Waals surface area contributed by atoms with Gasteiger partial charge in [0.1, 0.15) is 5.75 Å². The van der Waals surface area contributed by atoms with Gasteiger partial charge in [0, 0.05) is 43.7 Å². The summed E-state index contributed by atoms with van der Waals surface area (Å²) >= 11 is 0. The zero-order valence-corrected chi connectivity index (χ0v) is 16.8. The third kappa shape index (κ3) is 4.35. The monoisotopic (exact) mass is 438 g/mol. The molecule has 2 aromatic rings. The molecule has 0 N–H and O–H groups in total. The third-order valence-electron chi connectivity index (χ3n) is 5.68. The van der Waals surface area contributed by atoms with E-state index >= 15 is 0 Å². The summed E-state index contributed by atoms with van der Waals surface area (Å²) in [4.78, 5) is 28.7. The van der Waals surface area contributed by atoms with E-state index in [9.17, 15) is 22.8 Å². The van der Waals surface area contributed by atoms with Crippen molar-refractivity contribution in [3.63, 3.8) is 0 Å². The molecule has 1 unspecified atom stereocenters. The van der Waals surface area contributed by atoms with E-state index in [1.807, 2.05) is 0 Å². The molecule has 0 bridgehead atoms. The zero-order chi connectivity index (χ0) is 22.2. The number of piperidine rings is 1. The minimum atomic E-state index is -4.68. The number of carbonyl (C=O) groups is 2. The van der Waals surface area contributed by atoms with Crippen LogP contribution in [0.1, 0.15) is 37.0 Å². The lowest BCUT2D eigenvalue weighted by Crippen LogP contribution is -2.42. The Morgan fingerprint density at radius 1 is 1.23 bits per heavy atom. The first-order valence-corrected chi connectivity index (χ1v) is 9.90. The molecular formula is C20H21F3N4O4. The SMILES string of the molecule is COc1cccc(N2CC(C(=O)N3CCC(c4nnc(C(F)(F)F)o4)CC3)CC2=O)c1. The maximum Gasteiger partial charge on any atom is 0.470 e. The smallest absolute Gasteiger partial charge is 0.470 e. The number of hydrogen-bond acceptors (Lipinski definition) is 6. The van der Waals surface area contributed by atoms with Crippen LogP contribution in [0.4, 0.5) is 18.9 Å². The van der Waals surface area contributed by atoms with Crippen molar-refractivity contribution in [3.8, 4) is 5.75 Å². The fourth-order valence-corrected chi connectivity index (χ4v) is 4.02. The first kappa shape index (κ1) is 21.1. The van der Waals surface area contributed by atoms with Gasteiger partial charge in [-0.15, -0.1) is 10.2 Å². The molecule has 2 aliphatic rings. The van der Waals surface area contributed by atoms with E-state index in [-0.39, 0.29) is 36.6 Å². The summed E-state index contributed by atoms with van der Waals surface area (Å²) < 4.78 is 47.9. The lowest BCUT2D eigenvalue weighted by Gasteiger charge is -2.32. The molecule has 2 saturated heterocycles. The van der Waals surface area contributed by atoms with Crippen molar-refractivity contribution >= 4 is 17.5 Å². The summed E-state index contributed by atoms with van der Waals surface area (Å²) in [6.07, 6.45) is -3.71. The molecule has 1 aromatic heterocycles. The lowest BCUT2D eigenvalue weighted by molar-refractivity contribution is -0.157. The molecule has 1 atom stereocenters. The maximum atomic E-state index is 12.9. The number of rotatable bonds is 4. The molecule has 2 amide bonds. The first-order chi connectivity index (χ1) is 14.8. The molecule has 2 fully saturated rings. The molecule has 1 aromatic carbocycles. The molecule has 4 rings (SSSR count). The number of methoxy groups -OCH3 is 1.